The van der Waals surface area contributed by atoms with Crippen molar-refractivity contribution in [1.82, 2.24) is 10.2 Å². The van der Waals surface area contributed by atoms with Gasteiger partial charge in [0.1, 0.15) is 11.6 Å². The van der Waals surface area contributed by atoms with Crippen molar-refractivity contribution in [1.29, 1.82) is 0 Å². The molecule has 7 heteroatoms. The van der Waals surface area contributed by atoms with Crippen LogP contribution in [0.5, 0.6) is 0 Å². The number of nitrogens with one attached hydrogen (secondary N) is 2. The highest BCUT2D eigenvalue weighted by Crippen LogP contribution is 2.28. The Morgan fingerprint density at radius 3 is 2.22 bits per heavy atom. The molecule has 2 aromatic carbocycles. The molecule has 7 nitrogen and oxygen atoms in total. The first-order valence-electron chi connectivity index (χ1n) is 12.1. The number of ether oxygens (including phenoxy) is 1. The topological polar surface area (TPSA) is 87.7 Å². The molecule has 0 aliphatic carbocycles. The molecule has 0 saturated carbocycles. The average molecular weight is 502 g/mol. The summed E-state index contributed by atoms with van der Waals surface area (Å²) in [6, 6.07) is 14.1. The number of rotatable bonds is 8. The fourth-order valence-corrected chi connectivity index (χ4v) is 3.75. The highest BCUT2D eigenvalue weighted by molar-refractivity contribution is 6.00. The summed E-state index contributed by atoms with van der Waals surface area (Å²) in [4.78, 5) is 41.1. The minimum Gasteiger partial charge on any atom is -0.444 e. The number of terminal acetylenes is 2. The number of alkyl carbamates (subject to hydrolysis) is 1. The van der Waals surface area contributed by atoms with Crippen LogP contribution in [0.1, 0.15) is 63.8 Å². The molecule has 2 rings (SSSR count). The molecule has 0 bridgehead atoms. The molecule has 0 aromatic heterocycles. The minimum atomic E-state index is -1.25. The highest BCUT2D eigenvalue weighted by atomic mass is 16.6. The Hall–Kier alpha value is -4.23. The summed E-state index contributed by atoms with van der Waals surface area (Å²) >= 11 is 0. The lowest BCUT2D eigenvalue weighted by Crippen LogP contribution is -2.51. The van der Waals surface area contributed by atoms with Gasteiger partial charge in [-0.2, -0.15) is 0 Å². The van der Waals surface area contributed by atoms with Gasteiger partial charge in [-0.1, -0.05) is 62.6 Å². The van der Waals surface area contributed by atoms with Gasteiger partial charge in [-0.25, -0.2) is 4.79 Å². The summed E-state index contributed by atoms with van der Waals surface area (Å²) in [5.74, 6) is 1.43. The first-order valence-corrected chi connectivity index (χ1v) is 12.1. The van der Waals surface area contributed by atoms with Gasteiger partial charge < -0.3 is 15.4 Å². The molecule has 0 saturated heterocycles. The van der Waals surface area contributed by atoms with Crippen LogP contribution < -0.4 is 10.6 Å². The quantitative estimate of drug-likeness (QED) is 0.393. The van der Waals surface area contributed by atoms with E-state index in [0.717, 1.165) is 10.5 Å². The van der Waals surface area contributed by atoms with Crippen molar-refractivity contribution < 1.29 is 19.1 Å². The lowest BCUT2D eigenvalue weighted by Gasteiger charge is -2.31. The molecular formula is C30H35N3O4. The Labute approximate surface area is 220 Å². The number of nitrogens with zero attached hydrogens (tertiary/aromatic N) is 1. The summed E-state index contributed by atoms with van der Waals surface area (Å²) in [6.07, 6.45) is 11.1. The highest BCUT2D eigenvalue weighted by Gasteiger charge is 2.37. The summed E-state index contributed by atoms with van der Waals surface area (Å²) < 4.78 is 5.36. The molecule has 0 fully saturated rings. The van der Waals surface area contributed by atoms with Crippen molar-refractivity contribution in [2.24, 2.45) is 5.92 Å². The average Bonchev–Trinajstić information content (AvgIpc) is 2.81. The van der Waals surface area contributed by atoms with Gasteiger partial charge in [0.05, 0.1) is 0 Å². The standard InChI is InChI=1S/C30H35N3O4/c1-9-22-16-12-13-17-23(22)26(27(34)31-24-18-14-11-15-21(24)5)33(10-2)28(35)25(19-20(3)4)32-29(36)37-30(6,7)8/h1-2,11-18,20,25-26H,19H2,3-8H3,(H,31,34)(H,32,36). The molecular weight excluding hydrogens is 466 g/mol. The maximum atomic E-state index is 13.8. The fourth-order valence-electron chi connectivity index (χ4n) is 3.75. The van der Waals surface area contributed by atoms with Gasteiger partial charge in [0.2, 0.25) is 0 Å². The molecule has 0 spiro atoms. The van der Waals surface area contributed by atoms with E-state index in [9.17, 15) is 14.4 Å². The third kappa shape index (κ3) is 8.15. The molecule has 2 N–H and O–H groups in total. The Kier molecular flexibility index (Phi) is 9.91. The first-order chi connectivity index (χ1) is 17.4. The molecule has 0 heterocycles. The second-order valence-corrected chi connectivity index (χ2v) is 10.1. The van der Waals surface area contributed by atoms with Crippen molar-refractivity contribution in [2.75, 3.05) is 5.32 Å². The van der Waals surface area contributed by atoms with Crippen LogP contribution in [0.3, 0.4) is 0 Å². The summed E-state index contributed by atoms with van der Waals surface area (Å²) in [5, 5.41) is 5.50. The first kappa shape index (κ1) is 29.0. The van der Waals surface area contributed by atoms with Gasteiger partial charge >= 0.3 is 6.09 Å². The zero-order chi connectivity index (χ0) is 27.8. The van der Waals surface area contributed by atoms with Crippen molar-refractivity contribution in [3.63, 3.8) is 0 Å². The summed E-state index contributed by atoms with van der Waals surface area (Å²) in [6.45, 7) is 10.8. The number of carbonyl (C=O) groups is 3. The fraction of sp³-hybridized carbons (Fsp3) is 0.367. The molecule has 0 aliphatic rings. The second kappa shape index (κ2) is 12.6. The predicted octanol–water partition coefficient (Wildman–Crippen LogP) is 5.01. The number of hydrogen-bond acceptors (Lipinski definition) is 4. The third-order valence-corrected chi connectivity index (χ3v) is 5.39. The van der Waals surface area contributed by atoms with Gasteiger partial charge in [0.25, 0.3) is 11.8 Å². The Morgan fingerprint density at radius 1 is 1.03 bits per heavy atom. The van der Waals surface area contributed by atoms with Gasteiger partial charge in [0, 0.05) is 22.9 Å². The zero-order valence-electron chi connectivity index (χ0n) is 22.3. The van der Waals surface area contributed by atoms with E-state index in [2.05, 4.69) is 22.6 Å². The molecule has 2 aromatic rings. The van der Waals surface area contributed by atoms with E-state index in [0.29, 0.717) is 16.8 Å². The van der Waals surface area contributed by atoms with Gasteiger partial charge in [0.15, 0.2) is 6.04 Å². The minimum absolute atomic E-state index is 0.0285. The van der Waals surface area contributed by atoms with Crippen LogP contribution in [0.15, 0.2) is 48.5 Å². The molecule has 2 unspecified atom stereocenters. The van der Waals surface area contributed by atoms with E-state index in [1.165, 1.54) is 0 Å². The van der Waals surface area contributed by atoms with E-state index in [-0.39, 0.29) is 12.3 Å². The largest absolute Gasteiger partial charge is 0.444 e. The normalized spacial score (nSPS) is 12.5. The Balaban J connectivity index is 2.54. The molecule has 2 atom stereocenters. The van der Waals surface area contributed by atoms with Crippen LogP contribution in [-0.2, 0) is 14.3 Å². The monoisotopic (exact) mass is 501 g/mol. The van der Waals surface area contributed by atoms with E-state index >= 15 is 0 Å². The Morgan fingerprint density at radius 2 is 1.65 bits per heavy atom. The van der Waals surface area contributed by atoms with E-state index in [1.807, 2.05) is 32.9 Å². The zero-order valence-corrected chi connectivity index (χ0v) is 22.3. The van der Waals surface area contributed by atoms with Crippen LogP contribution in [0.25, 0.3) is 0 Å². The van der Waals surface area contributed by atoms with Crippen LogP contribution in [0, 0.1) is 37.7 Å². The number of anilines is 1. The predicted molar refractivity (Wildman–Crippen MR) is 145 cm³/mol. The Bertz CT molecular complexity index is 1210. The summed E-state index contributed by atoms with van der Waals surface area (Å²) in [5.41, 5.74) is 1.46. The molecule has 3 amide bonds. The van der Waals surface area contributed by atoms with Gasteiger partial charge in [-0.3, -0.25) is 14.5 Å². The number of aryl methyl sites for hydroxylation is 1. The van der Waals surface area contributed by atoms with E-state index in [4.69, 9.17) is 17.6 Å². The number of benzene rings is 2. The molecule has 0 aliphatic heterocycles. The van der Waals surface area contributed by atoms with Crippen molar-refractivity contribution >= 4 is 23.6 Å². The van der Waals surface area contributed by atoms with Crippen molar-refractivity contribution in [3.8, 4) is 24.8 Å². The number of hydrogen-bond donors (Lipinski definition) is 2. The maximum Gasteiger partial charge on any atom is 0.408 e. The van der Waals surface area contributed by atoms with Gasteiger partial charge in [-0.15, -0.1) is 6.42 Å². The van der Waals surface area contributed by atoms with Crippen LogP contribution >= 0.6 is 0 Å². The van der Waals surface area contributed by atoms with E-state index < -0.39 is 35.6 Å². The van der Waals surface area contributed by atoms with Crippen molar-refractivity contribution in [2.45, 2.75) is 65.6 Å². The van der Waals surface area contributed by atoms with Crippen LogP contribution in [-0.4, -0.2) is 34.5 Å². The summed E-state index contributed by atoms with van der Waals surface area (Å²) in [7, 11) is 0. The van der Waals surface area contributed by atoms with Crippen molar-refractivity contribution in [3.05, 3.63) is 65.2 Å². The molecule has 37 heavy (non-hydrogen) atoms. The number of para-hydroxylation sites is 1. The number of amides is 3. The van der Waals surface area contributed by atoms with Gasteiger partial charge in [-0.05, 0) is 57.7 Å². The number of carbonyl (C=O) groups excluding carboxylic acids is 3. The second-order valence-electron chi connectivity index (χ2n) is 10.1. The smallest absolute Gasteiger partial charge is 0.408 e. The van der Waals surface area contributed by atoms with Crippen LogP contribution in [0.2, 0.25) is 0 Å². The molecule has 0 radical (unpaired) electrons. The van der Waals surface area contributed by atoms with Crippen LogP contribution in [0.4, 0.5) is 10.5 Å². The molecule has 194 valence electrons. The lowest BCUT2D eigenvalue weighted by molar-refractivity contribution is -0.137. The lowest BCUT2D eigenvalue weighted by atomic mass is 9.96. The SMILES string of the molecule is C#Cc1ccccc1C(C(=O)Nc1ccccc1C)N(C#C)C(=O)C(CC(C)C)NC(=O)OC(C)(C)C. The maximum absolute atomic E-state index is 13.8. The van der Waals surface area contributed by atoms with E-state index in [1.54, 1.807) is 57.2 Å². The third-order valence-electron chi connectivity index (χ3n) is 5.39.